The van der Waals surface area contributed by atoms with Crippen molar-refractivity contribution >= 4 is 6.09 Å². The number of nitrogens with zero attached hydrogens (tertiary/aromatic N) is 1. The van der Waals surface area contributed by atoms with E-state index >= 15 is 0 Å². The molecule has 1 saturated heterocycles. The van der Waals surface area contributed by atoms with E-state index in [-0.39, 0.29) is 6.54 Å². The Morgan fingerprint density at radius 2 is 2.19 bits per heavy atom. The zero-order chi connectivity index (χ0) is 12.4. The highest BCUT2D eigenvalue weighted by atomic mass is 19.1. The summed E-state index contributed by atoms with van der Waals surface area (Å²) in [6, 6.07) is 0. The van der Waals surface area contributed by atoms with E-state index in [9.17, 15) is 9.18 Å². The number of alkyl halides is 1. The topological polar surface area (TPSA) is 29.5 Å². The van der Waals surface area contributed by atoms with Gasteiger partial charge in [-0.25, -0.2) is 9.18 Å². The Hall–Kier alpha value is -1.06. The van der Waals surface area contributed by atoms with Crippen LogP contribution >= 0.6 is 0 Å². The Kier molecular flexibility index (Phi) is 3.61. The van der Waals surface area contributed by atoms with E-state index in [1.54, 1.807) is 20.8 Å². The van der Waals surface area contributed by atoms with Gasteiger partial charge in [-0.15, -0.1) is 0 Å². The van der Waals surface area contributed by atoms with E-state index < -0.39 is 17.4 Å². The molecule has 0 aromatic heterocycles. The fourth-order valence-electron chi connectivity index (χ4n) is 1.69. The van der Waals surface area contributed by atoms with Crippen LogP contribution in [0.15, 0.2) is 12.7 Å². The summed E-state index contributed by atoms with van der Waals surface area (Å²) >= 11 is 0. The van der Waals surface area contributed by atoms with Crippen LogP contribution in [0.5, 0.6) is 0 Å². The third kappa shape index (κ3) is 3.51. The van der Waals surface area contributed by atoms with E-state index in [1.165, 1.54) is 11.0 Å². The summed E-state index contributed by atoms with van der Waals surface area (Å²) in [5.74, 6) is 0. The molecule has 0 N–H and O–H groups in total. The van der Waals surface area contributed by atoms with Crippen LogP contribution in [-0.4, -0.2) is 35.4 Å². The molecule has 1 aliphatic heterocycles. The molecule has 1 atom stereocenters. The summed E-state index contributed by atoms with van der Waals surface area (Å²) in [7, 11) is 0. The summed E-state index contributed by atoms with van der Waals surface area (Å²) in [5, 5.41) is 0. The number of carbonyl (C=O) groups excluding carboxylic acids is 1. The van der Waals surface area contributed by atoms with Gasteiger partial charge < -0.3 is 9.64 Å². The number of carbonyl (C=O) groups is 1. The molecule has 1 heterocycles. The van der Waals surface area contributed by atoms with Gasteiger partial charge in [0.2, 0.25) is 0 Å². The minimum Gasteiger partial charge on any atom is -0.444 e. The fourth-order valence-corrected chi connectivity index (χ4v) is 1.69. The SMILES string of the molecule is C=CC1(F)CCCN(C(=O)OC(C)(C)C)C1. The standard InChI is InChI=1S/C12H20FNO2/c1-5-12(13)7-6-8-14(9-12)10(15)16-11(2,3)4/h5H,1,6-9H2,2-4H3. The molecule has 1 amide bonds. The second-order valence-electron chi connectivity index (χ2n) is 5.24. The normalized spacial score (nSPS) is 26.4. The van der Waals surface area contributed by atoms with Gasteiger partial charge in [0.15, 0.2) is 0 Å². The van der Waals surface area contributed by atoms with Gasteiger partial charge in [0, 0.05) is 6.54 Å². The Morgan fingerprint density at radius 1 is 1.56 bits per heavy atom. The van der Waals surface area contributed by atoms with Crippen LogP contribution in [0.25, 0.3) is 0 Å². The number of halogens is 1. The molecular weight excluding hydrogens is 209 g/mol. The predicted octanol–water partition coefficient (Wildman–Crippen LogP) is 2.91. The number of piperidine rings is 1. The summed E-state index contributed by atoms with van der Waals surface area (Å²) in [6.45, 7) is 9.46. The first-order valence-electron chi connectivity index (χ1n) is 5.56. The Bertz CT molecular complexity index is 285. The van der Waals surface area contributed by atoms with E-state index in [0.717, 1.165) is 0 Å². The number of hydrogen-bond donors (Lipinski definition) is 0. The average molecular weight is 229 g/mol. The lowest BCUT2D eigenvalue weighted by atomic mass is 9.95. The van der Waals surface area contributed by atoms with Crippen LogP contribution < -0.4 is 0 Å². The summed E-state index contributed by atoms with van der Waals surface area (Å²) in [4.78, 5) is 13.1. The number of amides is 1. The lowest BCUT2D eigenvalue weighted by molar-refractivity contribution is 0.00475. The molecule has 92 valence electrons. The number of hydrogen-bond acceptors (Lipinski definition) is 2. The lowest BCUT2D eigenvalue weighted by Crippen LogP contribution is -2.48. The van der Waals surface area contributed by atoms with Gasteiger partial charge in [0.25, 0.3) is 0 Å². The van der Waals surface area contributed by atoms with E-state index in [4.69, 9.17) is 4.74 Å². The molecule has 4 heteroatoms. The summed E-state index contributed by atoms with van der Waals surface area (Å²) in [5.41, 5.74) is -2.00. The van der Waals surface area contributed by atoms with Crippen LogP contribution in [0.4, 0.5) is 9.18 Å². The van der Waals surface area contributed by atoms with Gasteiger partial charge in [-0.05, 0) is 33.6 Å². The third-order valence-corrected chi connectivity index (χ3v) is 2.49. The van der Waals surface area contributed by atoms with Crippen molar-refractivity contribution in [2.45, 2.75) is 44.9 Å². The van der Waals surface area contributed by atoms with Gasteiger partial charge in [-0.1, -0.05) is 12.7 Å². The molecule has 1 aliphatic rings. The highest BCUT2D eigenvalue weighted by Crippen LogP contribution is 2.27. The van der Waals surface area contributed by atoms with Crippen molar-refractivity contribution in [1.29, 1.82) is 0 Å². The van der Waals surface area contributed by atoms with Gasteiger partial charge in [-0.2, -0.15) is 0 Å². The maximum absolute atomic E-state index is 14.0. The second kappa shape index (κ2) is 4.44. The minimum absolute atomic E-state index is 0.0470. The molecule has 3 nitrogen and oxygen atoms in total. The first-order chi connectivity index (χ1) is 7.26. The van der Waals surface area contributed by atoms with Crippen molar-refractivity contribution in [3.63, 3.8) is 0 Å². The van der Waals surface area contributed by atoms with E-state index in [2.05, 4.69) is 6.58 Å². The minimum atomic E-state index is -1.46. The Morgan fingerprint density at radius 3 is 2.69 bits per heavy atom. The van der Waals surface area contributed by atoms with Crippen molar-refractivity contribution in [2.24, 2.45) is 0 Å². The number of ether oxygens (including phenoxy) is 1. The maximum Gasteiger partial charge on any atom is 0.410 e. The molecule has 0 aromatic rings. The molecule has 0 aliphatic carbocycles. The lowest BCUT2D eigenvalue weighted by Gasteiger charge is -2.36. The zero-order valence-corrected chi connectivity index (χ0v) is 10.3. The highest BCUT2D eigenvalue weighted by molar-refractivity contribution is 5.68. The van der Waals surface area contributed by atoms with Crippen LogP contribution in [0.2, 0.25) is 0 Å². The fraction of sp³-hybridized carbons (Fsp3) is 0.750. The third-order valence-electron chi connectivity index (χ3n) is 2.49. The van der Waals surface area contributed by atoms with Crippen LogP contribution in [0.1, 0.15) is 33.6 Å². The molecule has 0 saturated carbocycles. The van der Waals surface area contributed by atoms with Crippen molar-refractivity contribution in [2.75, 3.05) is 13.1 Å². The molecule has 0 aromatic carbocycles. The molecular formula is C12H20FNO2. The largest absolute Gasteiger partial charge is 0.444 e. The van der Waals surface area contributed by atoms with E-state index in [0.29, 0.717) is 19.4 Å². The molecule has 16 heavy (non-hydrogen) atoms. The quantitative estimate of drug-likeness (QED) is 0.647. The van der Waals surface area contributed by atoms with Crippen LogP contribution in [-0.2, 0) is 4.74 Å². The molecule has 1 fully saturated rings. The van der Waals surface area contributed by atoms with Gasteiger partial charge in [0.1, 0.15) is 11.3 Å². The molecule has 0 radical (unpaired) electrons. The Balaban J connectivity index is 2.61. The average Bonchev–Trinajstić information content (AvgIpc) is 2.15. The predicted molar refractivity (Wildman–Crippen MR) is 61.1 cm³/mol. The van der Waals surface area contributed by atoms with Crippen molar-refractivity contribution in [3.8, 4) is 0 Å². The van der Waals surface area contributed by atoms with Crippen molar-refractivity contribution < 1.29 is 13.9 Å². The van der Waals surface area contributed by atoms with Crippen LogP contribution in [0, 0.1) is 0 Å². The number of rotatable bonds is 1. The maximum atomic E-state index is 14.0. The van der Waals surface area contributed by atoms with Gasteiger partial charge in [0.05, 0.1) is 6.54 Å². The van der Waals surface area contributed by atoms with Gasteiger partial charge >= 0.3 is 6.09 Å². The molecule has 0 spiro atoms. The molecule has 1 rings (SSSR count). The zero-order valence-electron chi connectivity index (χ0n) is 10.3. The van der Waals surface area contributed by atoms with Gasteiger partial charge in [-0.3, -0.25) is 0 Å². The molecule has 0 bridgehead atoms. The monoisotopic (exact) mass is 229 g/mol. The first kappa shape index (κ1) is 13.0. The first-order valence-corrected chi connectivity index (χ1v) is 5.56. The smallest absolute Gasteiger partial charge is 0.410 e. The van der Waals surface area contributed by atoms with Crippen molar-refractivity contribution in [1.82, 2.24) is 4.90 Å². The highest BCUT2D eigenvalue weighted by Gasteiger charge is 2.36. The summed E-state index contributed by atoms with van der Waals surface area (Å²) in [6.07, 6.45) is 1.90. The Labute approximate surface area is 96.3 Å². The molecule has 1 unspecified atom stereocenters. The second-order valence-corrected chi connectivity index (χ2v) is 5.24. The van der Waals surface area contributed by atoms with E-state index in [1.807, 2.05) is 0 Å². The number of likely N-dealkylation sites (tertiary alicyclic amines) is 1. The van der Waals surface area contributed by atoms with Crippen LogP contribution in [0.3, 0.4) is 0 Å². The van der Waals surface area contributed by atoms with Crippen molar-refractivity contribution in [3.05, 3.63) is 12.7 Å². The summed E-state index contributed by atoms with van der Waals surface area (Å²) < 4.78 is 19.2.